The number of sulfonamides is 1. The molecule has 4 rings (SSSR count). The molecule has 0 aliphatic carbocycles. The fraction of sp³-hybridized carbons (Fsp3) is 0.192. The number of rotatable bonds is 5. The summed E-state index contributed by atoms with van der Waals surface area (Å²) in [5.74, 6) is -1.14. The van der Waals surface area contributed by atoms with Crippen LogP contribution in [0.3, 0.4) is 0 Å². The molecule has 0 amide bonds. The van der Waals surface area contributed by atoms with E-state index in [0.717, 1.165) is 16.7 Å². The SMILES string of the molecule is Cc1ccc([C@H]2C(C(=O)O)=CC[C@@H](c3ccc(C)cc3)N2S(=O)(=O)c2ccc(Cl)cc2)cc1. The van der Waals surface area contributed by atoms with Crippen molar-refractivity contribution in [3.63, 3.8) is 0 Å². The van der Waals surface area contributed by atoms with Gasteiger partial charge in [-0.2, -0.15) is 4.31 Å². The molecule has 0 fully saturated rings. The summed E-state index contributed by atoms with van der Waals surface area (Å²) in [5, 5.41) is 10.4. The molecule has 0 unspecified atom stereocenters. The van der Waals surface area contributed by atoms with E-state index >= 15 is 0 Å². The van der Waals surface area contributed by atoms with Gasteiger partial charge in [-0.05, 0) is 55.7 Å². The fourth-order valence-corrected chi connectivity index (χ4v) is 6.06. The first-order chi connectivity index (χ1) is 15.7. The maximum Gasteiger partial charge on any atom is 0.333 e. The predicted molar refractivity (Wildman–Crippen MR) is 129 cm³/mol. The van der Waals surface area contributed by atoms with Gasteiger partial charge in [-0.3, -0.25) is 0 Å². The molecule has 0 aromatic heterocycles. The topological polar surface area (TPSA) is 74.7 Å². The maximum absolute atomic E-state index is 14.0. The van der Waals surface area contributed by atoms with Crippen LogP contribution in [0.4, 0.5) is 0 Å². The second-order valence-corrected chi connectivity index (χ2v) is 10.5. The van der Waals surface area contributed by atoms with Gasteiger partial charge < -0.3 is 5.11 Å². The molecule has 3 aromatic carbocycles. The lowest BCUT2D eigenvalue weighted by Crippen LogP contribution is -2.42. The van der Waals surface area contributed by atoms with Crippen LogP contribution in [0.15, 0.2) is 89.3 Å². The molecule has 1 aliphatic heterocycles. The zero-order valence-electron chi connectivity index (χ0n) is 18.3. The van der Waals surface area contributed by atoms with Gasteiger partial charge in [0.2, 0.25) is 10.0 Å². The van der Waals surface area contributed by atoms with Gasteiger partial charge in [0.1, 0.15) is 0 Å². The largest absolute Gasteiger partial charge is 0.478 e. The van der Waals surface area contributed by atoms with Crippen molar-refractivity contribution in [2.24, 2.45) is 0 Å². The highest BCUT2D eigenvalue weighted by Crippen LogP contribution is 2.45. The van der Waals surface area contributed by atoms with Crippen LogP contribution in [0.1, 0.15) is 40.8 Å². The lowest BCUT2D eigenvalue weighted by molar-refractivity contribution is -0.133. The van der Waals surface area contributed by atoms with Gasteiger partial charge in [0.25, 0.3) is 0 Å². The van der Waals surface area contributed by atoms with E-state index in [1.807, 2.05) is 50.2 Å². The molecular weight excluding hydrogens is 458 g/mol. The lowest BCUT2D eigenvalue weighted by atomic mass is 9.89. The van der Waals surface area contributed by atoms with E-state index < -0.39 is 28.1 Å². The molecule has 2 atom stereocenters. The number of halogens is 1. The minimum atomic E-state index is -4.09. The normalized spacial score (nSPS) is 19.2. The summed E-state index contributed by atoms with van der Waals surface area (Å²) < 4.78 is 29.4. The molecule has 0 radical (unpaired) electrons. The quantitative estimate of drug-likeness (QED) is 0.496. The third kappa shape index (κ3) is 4.60. The van der Waals surface area contributed by atoms with E-state index in [-0.39, 0.29) is 16.9 Å². The van der Waals surface area contributed by atoms with Gasteiger partial charge in [-0.1, -0.05) is 77.3 Å². The fourth-order valence-electron chi connectivity index (χ4n) is 4.16. The first-order valence-corrected chi connectivity index (χ1v) is 12.4. The molecule has 170 valence electrons. The Morgan fingerprint density at radius 3 is 1.91 bits per heavy atom. The van der Waals surface area contributed by atoms with Crippen molar-refractivity contribution in [3.8, 4) is 0 Å². The van der Waals surface area contributed by atoms with Gasteiger partial charge in [0, 0.05) is 5.02 Å². The van der Waals surface area contributed by atoms with Gasteiger partial charge in [-0.25, -0.2) is 13.2 Å². The maximum atomic E-state index is 14.0. The smallest absolute Gasteiger partial charge is 0.333 e. The molecule has 3 aromatic rings. The molecular formula is C26H24ClNO4S. The first kappa shape index (κ1) is 23.2. The van der Waals surface area contributed by atoms with E-state index in [1.54, 1.807) is 18.2 Å². The summed E-state index contributed by atoms with van der Waals surface area (Å²) in [7, 11) is -4.09. The van der Waals surface area contributed by atoms with Crippen molar-refractivity contribution in [1.82, 2.24) is 4.31 Å². The van der Waals surface area contributed by atoms with Crippen LogP contribution in [0.25, 0.3) is 0 Å². The van der Waals surface area contributed by atoms with Crippen molar-refractivity contribution in [1.29, 1.82) is 0 Å². The molecule has 5 nitrogen and oxygen atoms in total. The molecule has 0 bridgehead atoms. The van der Waals surface area contributed by atoms with Crippen LogP contribution in [0.5, 0.6) is 0 Å². The first-order valence-electron chi connectivity index (χ1n) is 10.5. The Kier molecular flexibility index (Phi) is 6.43. The van der Waals surface area contributed by atoms with Gasteiger partial charge >= 0.3 is 5.97 Å². The lowest BCUT2D eigenvalue weighted by Gasteiger charge is -2.40. The average molecular weight is 482 g/mol. The number of carboxylic acid groups (broad SMARTS) is 1. The molecule has 0 saturated carbocycles. The van der Waals surface area contributed by atoms with E-state index in [2.05, 4.69) is 0 Å². The van der Waals surface area contributed by atoms with E-state index in [9.17, 15) is 18.3 Å². The number of aliphatic carboxylic acids is 1. The zero-order valence-corrected chi connectivity index (χ0v) is 19.8. The highest BCUT2D eigenvalue weighted by molar-refractivity contribution is 7.89. The Balaban J connectivity index is 1.96. The molecule has 1 N–H and O–H groups in total. The number of hydrogen-bond donors (Lipinski definition) is 1. The van der Waals surface area contributed by atoms with E-state index in [0.29, 0.717) is 10.6 Å². The Morgan fingerprint density at radius 1 is 0.879 bits per heavy atom. The van der Waals surface area contributed by atoms with Gasteiger partial charge in [0.15, 0.2) is 0 Å². The minimum absolute atomic E-state index is 0.0414. The number of benzene rings is 3. The predicted octanol–water partition coefficient (Wildman–Crippen LogP) is 5.84. The van der Waals surface area contributed by atoms with Crippen molar-refractivity contribution >= 4 is 27.6 Å². The number of carbonyl (C=O) groups is 1. The van der Waals surface area contributed by atoms with Crippen LogP contribution in [0, 0.1) is 13.8 Å². The highest BCUT2D eigenvalue weighted by atomic mass is 35.5. The highest BCUT2D eigenvalue weighted by Gasteiger charge is 2.44. The Labute approximate surface area is 199 Å². The number of hydrogen-bond acceptors (Lipinski definition) is 3. The standard InChI is InChI=1S/C26H24ClNO4S/c1-17-3-7-19(8-4-17)24-16-15-23(26(29)30)25(20-9-5-18(2)6-10-20)28(24)33(31,32)22-13-11-21(27)12-14-22/h3-15,24-25H,16H2,1-2H3,(H,29,30)/t24-,25-/m0/s1. The van der Waals surface area contributed by atoms with Crippen molar-refractivity contribution < 1.29 is 18.3 Å². The van der Waals surface area contributed by atoms with Crippen LogP contribution in [-0.4, -0.2) is 23.8 Å². The average Bonchev–Trinajstić information content (AvgIpc) is 2.79. The van der Waals surface area contributed by atoms with Crippen molar-refractivity contribution in [2.45, 2.75) is 37.2 Å². The van der Waals surface area contributed by atoms with Crippen LogP contribution < -0.4 is 0 Å². The van der Waals surface area contributed by atoms with Crippen LogP contribution in [0.2, 0.25) is 5.02 Å². The second kappa shape index (κ2) is 9.14. The summed E-state index contributed by atoms with van der Waals surface area (Å²) in [4.78, 5) is 12.3. The van der Waals surface area contributed by atoms with E-state index in [1.165, 1.54) is 28.6 Å². The Bertz CT molecular complexity index is 1300. The van der Waals surface area contributed by atoms with Crippen LogP contribution >= 0.6 is 11.6 Å². The Hall–Kier alpha value is -2.93. The second-order valence-electron chi connectivity index (χ2n) is 8.23. The Morgan fingerprint density at radius 2 is 1.39 bits per heavy atom. The molecule has 0 spiro atoms. The molecule has 33 heavy (non-hydrogen) atoms. The molecule has 0 saturated heterocycles. The third-order valence-electron chi connectivity index (χ3n) is 5.91. The van der Waals surface area contributed by atoms with E-state index in [4.69, 9.17) is 11.6 Å². The zero-order chi connectivity index (χ0) is 23.8. The van der Waals surface area contributed by atoms with Crippen LogP contribution in [-0.2, 0) is 14.8 Å². The van der Waals surface area contributed by atoms with Crippen molar-refractivity contribution in [3.05, 3.63) is 112 Å². The number of nitrogens with zero attached hydrogens (tertiary/aromatic N) is 1. The molecule has 1 heterocycles. The van der Waals surface area contributed by atoms with Crippen molar-refractivity contribution in [2.75, 3.05) is 0 Å². The summed E-state index contributed by atoms with van der Waals surface area (Å²) in [6.07, 6.45) is 1.89. The molecule has 7 heteroatoms. The number of aryl methyl sites for hydroxylation is 2. The third-order valence-corrected chi connectivity index (χ3v) is 8.05. The minimum Gasteiger partial charge on any atom is -0.478 e. The monoisotopic (exact) mass is 481 g/mol. The number of carboxylic acids is 1. The summed E-state index contributed by atoms with van der Waals surface area (Å²) in [6.45, 7) is 3.89. The summed E-state index contributed by atoms with van der Waals surface area (Å²) >= 11 is 6.00. The summed E-state index contributed by atoms with van der Waals surface area (Å²) in [5.41, 5.74) is 3.50. The summed E-state index contributed by atoms with van der Waals surface area (Å²) in [6, 6.07) is 19.4. The van der Waals surface area contributed by atoms with Gasteiger partial charge in [-0.15, -0.1) is 0 Å². The van der Waals surface area contributed by atoms with Gasteiger partial charge in [0.05, 0.1) is 22.6 Å². The molecule has 1 aliphatic rings.